The van der Waals surface area contributed by atoms with Gasteiger partial charge in [0, 0.05) is 17.6 Å². The fourth-order valence-corrected chi connectivity index (χ4v) is 5.11. The van der Waals surface area contributed by atoms with Crippen molar-refractivity contribution in [1.82, 2.24) is 4.31 Å². The number of rotatable bonds is 2. The Bertz CT molecular complexity index is 595. The molecule has 104 valence electrons. The van der Waals surface area contributed by atoms with Gasteiger partial charge in [-0.3, -0.25) is 0 Å². The molecule has 2 fully saturated rings. The maximum atomic E-state index is 13.1. The van der Waals surface area contributed by atoms with Gasteiger partial charge in [0.25, 0.3) is 0 Å². The van der Waals surface area contributed by atoms with Crippen molar-refractivity contribution >= 4 is 26.0 Å². The SMILES string of the molecule is O=S(=O)(c1ccc(F)cc1Br)N1CC2CCC(C1)O2. The number of hydrogen-bond donors (Lipinski definition) is 0. The number of benzene rings is 1. The van der Waals surface area contributed by atoms with Crippen molar-refractivity contribution in [3.8, 4) is 0 Å². The lowest BCUT2D eigenvalue weighted by Gasteiger charge is -2.31. The molecule has 19 heavy (non-hydrogen) atoms. The van der Waals surface area contributed by atoms with E-state index in [2.05, 4.69) is 15.9 Å². The molecule has 2 heterocycles. The second-order valence-electron chi connectivity index (χ2n) is 4.85. The summed E-state index contributed by atoms with van der Waals surface area (Å²) in [5, 5.41) is 0. The lowest BCUT2D eigenvalue weighted by Crippen LogP contribution is -2.45. The molecule has 2 aliphatic heterocycles. The molecule has 0 spiro atoms. The third-order valence-corrected chi connectivity index (χ3v) is 6.33. The van der Waals surface area contributed by atoms with Crippen LogP contribution in [0.3, 0.4) is 0 Å². The Morgan fingerprint density at radius 2 is 1.89 bits per heavy atom. The van der Waals surface area contributed by atoms with Gasteiger partial charge in [0.15, 0.2) is 0 Å². The zero-order valence-electron chi connectivity index (χ0n) is 10.1. The molecular weight excluding hydrogens is 337 g/mol. The molecular formula is C12H13BrFNO3S. The van der Waals surface area contributed by atoms with Crippen LogP contribution in [0.4, 0.5) is 4.39 Å². The van der Waals surface area contributed by atoms with E-state index >= 15 is 0 Å². The van der Waals surface area contributed by atoms with Crippen LogP contribution >= 0.6 is 15.9 Å². The topological polar surface area (TPSA) is 46.6 Å². The number of halogens is 2. The van der Waals surface area contributed by atoms with Crippen molar-refractivity contribution in [3.63, 3.8) is 0 Å². The fourth-order valence-electron chi connectivity index (χ4n) is 2.60. The van der Waals surface area contributed by atoms with Crippen LogP contribution in [0.1, 0.15) is 12.8 Å². The van der Waals surface area contributed by atoms with E-state index in [0.717, 1.165) is 18.9 Å². The highest BCUT2D eigenvalue weighted by Crippen LogP contribution is 2.32. The zero-order valence-corrected chi connectivity index (χ0v) is 12.5. The zero-order chi connectivity index (χ0) is 13.6. The highest BCUT2D eigenvalue weighted by atomic mass is 79.9. The van der Waals surface area contributed by atoms with E-state index in [0.29, 0.717) is 13.1 Å². The minimum atomic E-state index is -3.60. The normalized spacial score (nSPS) is 27.7. The monoisotopic (exact) mass is 349 g/mol. The van der Waals surface area contributed by atoms with E-state index in [-0.39, 0.29) is 21.6 Å². The summed E-state index contributed by atoms with van der Waals surface area (Å²) < 4.78 is 45.5. The Morgan fingerprint density at radius 3 is 2.47 bits per heavy atom. The summed E-state index contributed by atoms with van der Waals surface area (Å²) in [6, 6.07) is 3.63. The third-order valence-electron chi connectivity index (χ3n) is 3.52. The van der Waals surface area contributed by atoms with Gasteiger partial charge in [0.05, 0.1) is 17.1 Å². The fraction of sp³-hybridized carbons (Fsp3) is 0.500. The Kier molecular flexibility index (Phi) is 3.41. The molecule has 3 rings (SSSR count). The van der Waals surface area contributed by atoms with Gasteiger partial charge >= 0.3 is 0 Å². The number of sulfonamides is 1. The van der Waals surface area contributed by atoms with E-state index < -0.39 is 15.8 Å². The highest BCUT2D eigenvalue weighted by Gasteiger charge is 2.39. The van der Waals surface area contributed by atoms with Crippen LogP contribution in [-0.4, -0.2) is 38.0 Å². The van der Waals surface area contributed by atoms with Crippen molar-refractivity contribution in [1.29, 1.82) is 0 Å². The predicted octanol–water partition coefficient (Wildman–Crippen LogP) is 2.14. The lowest BCUT2D eigenvalue weighted by molar-refractivity contribution is -0.0114. The maximum Gasteiger partial charge on any atom is 0.244 e. The molecule has 2 aliphatic rings. The van der Waals surface area contributed by atoms with Crippen LogP contribution in [0.15, 0.2) is 27.6 Å². The van der Waals surface area contributed by atoms with Gasteiger partial charge in [-0.1, -0.05) is 0 Å². The van der Waals surface area contributed by atoms with Crippen LogP contribution in [0.2, 0.25) is 0 Å². The number of ether oxygens (including phenoxy) is 1. The first-order valence-electron chi connectivity index (χ1n) is 6.07. The predicted molar refractivity (Wildman–Crippen MR) is 70.8 cm³/mol. The molecule has 2 unspecified atom stereocenters. The average molecular weight is 350 g/mol. The van der Waals surface area contributed by atoms with E-state index in [1.807, 2.05) is 0 Å². The van der Waals surface area contributed by atoms with Gasteiger partial charge in [0.2, 0.25) is 10.0 Å². The van der Waals surface area contributed by atoms with E-state index in [4.69, 9.17) is 4.74 Å². The molecule has 0 saturated carbocycles. The Balaban J connectivity index is 1.94. The summed E-state index contributed by atoms with van der Waals surface area (Å²) in [6.07, 6.45) is 1.79. The van der Waals surface area contributed by atoms with Gasteiger partial charge in [-0.2, -0.15) is 4.31 Å². The molecule has 0 radical (unpaired) electrons. The van der Waals surface area contributed by atoms with Gasteiger partial charge in [-0.15, -0.1) is 0 Å². The minimum Gasteiger partial charge on any atom is -0.372 e. The molecule has 4 nitrogen and oxygen atoms in total. The van der Waals surface area contributed by atoms with E-state index in [9.17, 15) is 12.8 Å². The molecule has 0 amide bonds. The van der Waals surface area contributed by atoms with Gasteiger partial charge in [-0.25, -0.2) is 12.8 Å². The average Bonchev–Trinajstić information content (AvgIpc) is 2.67. The van der Waals surface area contributed by atoms with Gasteiger partial charge in [-0.05, 0) is 47.0 Å². The molecule has 2 atom stereocenters. The largest absolute Gasteiger partial charge is 0.372 e. The van der Waals surface area contributed by atoms with Crippen molar-refractivity contribution in [3.05, 3.63) is 28.5 Å². The number of morpholine rings is 1. The molecule has 1 aromatic rings. The standard InChI is InChI=1S/C12H13BrFNO3S/c13-11-5-8(14)1-4-12(11)19(16,17)15-6-9-2-3-10(7-15)18-9/h1,4-5,9-10H,2-3,6-7H2. The van der Waals surface area contributed by atoms with Gasteiger partial charge in [0.1, 0.15) is 5.82 Å². The molecule has 0 aliphatic carbocycles. The highest BCUT2D eigenvalue weighted by molar-refractivity contribution is 9.10. The van der Waals surface area contributed by atoms with Crippen molar-refractivity contribution in [2.75, 3.05) is 13.1 Å². The molecule has 0 N–H and O–H groups in total. The Morgan fingerprint density at radius 1 is 1.26 bits per heavy atom. The van der Waals surface area contributed by atoms with Crippen LogP contribution in [0.5, 0.6) is 0 Å². The summed E-state index contributed by atoms with van der Waals surface area (Å²) in [6.45, 7) is 0.755. The number of fused-ring (bicyclic) bond motifs is 2. The van der Waals surface area contributed by atoms with Crippen LogP contribution < -0.4 is 0 Å². The summed E-state index contributed by atoms with van der Waals surface area (Å²) in [4.78, 5) is 0.107. The van der Waals surface area contributed by atoms with Crippen LogP contribution in [0.25, 0.3) is 0 Å². The van der Waals surface area contributed by atoms with Crippen molar-refractivity contribution in [2.45, 2.75) is 29.9 Å². The first-order valence-corrected chi connectivity index (χ1v) is 8.31. The van der Waals surface area contributed by atoms with E-state index in [1.165, 1.54) is 16.4 Å². The molecule has 2 saturated heterocycles. The second kappa shape index (κ2) is 4.80. The van der Waals surface area contributed by atoms with Crippen LogP contribution in [0, 0.1) is 5.82 Å². The lowest BCUT2D eigenvalue weighted by atomic mass is 10.2. The molecule has 1 aromatic carbocycles. The minimum absolute atomic E-state index is 0.00671. The van der Waals surface area contributed by atoms with E-state index in [1.54, 1.807) is 0 Å². The maximum absolute atomic E-state index is 13.1. The second-order valence-corrected chi connectivity index (χ2v) is 7.61. The quantitative estimate of drug-likeness (QED) is 0.821. The first-order chi connectivity index (χ1) is 8.96. The molecule has 0 aromatic heterocycles. The van der Waals surface area contributed by atoms with Gasteiger partial charge < -0.3 is 4.74 Å². The first kappa shape index (κ1) is 13.5. The summed E-state index contributed by atoms with van der Waals surface area (Å²) in [7, 11) is -3.60. The number of hydrogen-bond acceptors (Lipinski definition) is 3. The summed E-state index contributed by atoms with van der Waals surface area (Å²) in [5.74, 6) is -0.465. The smallest absolute Gasteiger partial charge is 0.244 e. The molecule has 2 bridgehead atoms. The molecule has 7 heteroatoms. The van der Waals surface area contributed by atoms with Crippen molar-refractivity contribution < 1.29 is 17.5 Å². The van der Waals surface area contributed by atoms with Crippen molar-refractivity contribution in [2.24, 2.45) is 0 Å². The van der Waals surface area contributed by atoms with Crippen LogP contribution in [-0.2, 0) is 14.8 Å². The Hall–Kier alpha value is -0.500. The number of nitrogens with zero attached hydrogens (tertiary/aromatic N) is 1. The Labute approximate surface area is 119 Å². The third kappa shape index (κ3) is 2.44. The summed E-state index contributed by atoms with van der Waals surface area (Å²) >= 11 is 3.12. The summed E-state index contributed by atoms with van der Waals surface area (Å²) in [5.41, 5.74) is 0.